The van der Waals surface area contributed by atoms with Crippen molar-refractivity contribution in [2.75, 3.05) is 13.7 Å². The molecule has 0 aromatic carbocycles. The average molecular weight is 439 g/mol. The zero-order valence-electron chi connectivity index (χ0n) is 18.3. The first-order valence-electron chi connectivity index (χ1n) is 11.0. The molecule has 10 heteroatoms. The first kappa shape index (κ1) is 27.2. The summed E-state index contributed by atoms with van der Waals surface area (Å²) in [5.74, 6) is 0.563. The third-order valence-electron chi connectivity index (χ3n) is 4.71. The van der Waals surface area contributed by atoms with Crippen LogP contribution in [-0.4, -0.2) is 19.8 Å². The molecule has 0 atom stereocenters. The Labute approximate surface area is 179 Å². The highest BCUT2D eigenvalue weighted by molar-refractivity contribution is 4.91. The van der Waals surface area contributed by atoms with Gasteiger partial charge in [-0.2, -0.15) is 4.89 Å². The average Bonchev–Trinajstić information content (AvgIpc) is 2.78. The summed E-state index contributed by atoms with van der Waals surface area (Å²) in [6, 6.07) is 0. The van der Waals surface area contributed by atoms with Crippen LogP contribution in [0.1, 0.15) is 96.8 Å². The zero-order valence-corrected chi connectivity index (χ0v) is 18.3. The molecule has 1 aliphatic carbocycles. The molecule has 1 rings (SSSR count). The van der Waals surface area contributed by atoms with E-state index in [1.165, 1.54) is 52.1 Å². The van der Waals surface area contributed by atoms with Crippen LogP contribution < -0.4 is 0 Å². The highest BCUT2D eigenvalue weighted by atomic mass is 17.9. The van der Waals surface area contributed by atoms with Crippen molar-refractivity contribution in [1.29, 1.82) is 0 Å². The number of rotatable bonds is 21. The summed E-state index contributed by atoms with van der Waals surface area (Å²) in [5.41, 5.74) is 0. The van der Waals surface area contributed by atoms with E-state index in [0.717, 1.165) is 38.5 Å². The summed E-state index contributed by atoms with van der Waals surface area (Å²) in [6.07, 6.45) is 17.2. The smallest absolute Gasteiger partial charge is 0.144 e. The fourth-order valence-corrected chi connectivity index (χ4v) is 3.08. The van der Waals surface area contributed by atoms with Crippen LogP contribution in [0.25, 0.3) is 0 Å². The molecule has 178 valence electrons. The van der Waals surface area contributed by atoms with Crippen LogP contribution in [0.4, 0.5) is 0 Å². The molecule has 1 aliphatic rings. The van der Waals surface area contributed by atoms with E-state index in [1.54, 1.807) is 0 Å². The Bertz CT molecular complexity index is 388. The first-order valence-corrected chi connectivity index (χ1v) is 11.0. The minimum Gasteiger partial charge on any atom is -0.313 e. The Kier molecular flexibility index (Phi) is 19.4. The van der Waals surface area contributed by atoms with Crippen LogP contribution in [0.2, 0.25) is 0 Å². The fourth-order valence-electron chi connectivity index (χ4n) is 3.08. The predicted molar refractivity (Wildman–Crippen MR) is 104 cm³/mol. The summed E-state index contributed by atoms with van der Waals surface area (Å²) < 4.78 is 0. The van der Waals surface area contributed by atoms with Crippen molar-refractivity contribution in [2.45, 2.75) is 103 Å². The van der Waals surface area contributed by atoms with E-state index in [4.69, 9.17) is 14.7 Å². The summed E-state index contributed by atoms with van der Waals surface area (Å²) >= 11 is 0. The second kappa shape index (κ2) is 21.4. The number of allylic oxidation sites excluding steroid dienone is 1. The SMILES string of the molecule is CCCCCCCCCC=C(CCOOOOOOOC1CCCCC1)OOOC. The predicted octanol–water partition coefficient (Wildman–Crippen LogP) is 5.85. The van der Waals surface area contributed by atoms with Gasteiger partial charge in [-0.15, -0.1) is 0 Å². The van der Waals surface area contributed by atoms with Crippen LogP contribution in [0.5, 0.6) is 0 Å². The molecule has 0 unspecified atom stereocenters. The summed E-state index contributed by atoms with van der Waals surface area (Å²) in [5, 5.41) is 25.8. The molecule has 0 spiro atoms. The molecule has 0 saturated heterocycles. The maximum Gasteiger partial charge on any atom is 0.144 e. The molecule has 1 saturated carbocycles. The zero-order chi connectivity index (χ0) is 21.5. The van der Waals surface area contributed by atoms with Gasteiger partial charge in [0, 0.05) is 6.42 Å². The van der Waals surface area contributed by atoms with Crippen molar-refractivity contribution >= 4 is 0 Å². The van der Waals surface area contributed by atoms with Gasteiger partial charge in [-0.05, 0) is 62.0 Å². The molecule has 10 nitrogen and oxygen atoms in total. The molecule has 0 radical (unpaired) electrons. The van der Waals surface area contributed by atoms with Gasteiger partial charge in [-0.3, -0.25) is 0 Å². The number of hydrogen-bond acceptors (Lipinski definition) is 10. The first-order chi connectivity index (χ1) is 14.9. The van der Waals surface area contributed by atoms with Crippen molar-refractivity contribution < 1.29 is 49.8 Å². The van der Waals surface area contributed by atoms with Gasteiger partial charge >= 0.3 is 0 Å². The van der Waals surface area contributed by atoms with Gasteiger partial charge in [0.05, 0.1) is 19.8 Å². The molecule has 0 bridgehead atoms. The third-order valence-corrected chi connectivity index (χ3v) is 4.71. The normalized spacial score (nSPS) is 15.6. The summed E-state index contributed by atoms with van der Waals surface area (Å²) in [6.45, 7) is 2.34. The van der Waals surface area contributed by atoms with Crippen molar-refractivity contribution in [1.82, 2.24) is 0 Å². The molecular formula is C20H38O10. The molecule has 0 aliphatic heterocycles. The van der Waals surface area contributed by atoms with Gasteiger partial charge in [-0.25, -0.2) is 9.78 Å². The van der Waals surface area contributed by atoms with Crippen LogP contribution in [0, 0.1) is 0 Å². The van der Waals surface area contributed by atoms with Gasteiger partial charge in [0.2, 0.25) is 0 Å². The third kappa shape index (κ3) is 16.9. The molecule has 1 fully saturated rings. The highest BCUT2D eigenvalue weighted by Gasteiger charge is 2.15. The molecule has 30 heavy (non-hydrogen) atoms. The van der Waals surface area contributed by atoms with E-state index in [9.17, 15) is 0 Å². The molecule has 0 N–H and O–H groups in total. The Hall–Kier alpha value is -0.820. The van der Waals surface area contributed by atoms with Crippen molar-refractivity contribution in [3.05, 3.63) is 11.8 Å². The van der Waals surface area contributed by atoms with Crippen molar-refractivity contribution in [3.8, 4) is 0 Å². The largest absolute Gasteiger partial charge is 0.313 e. The second-order valence-electron chi connectivity index (χ2n) is 7.17. The molecular weight excluding hydrogens is 400 g/mol. The summed E-state index contributed by atoms with van der Waals surface area (Å²) in [7, 11) is 1.36. The van der Waals surface area contributed by atoms with E-state index < -0.39 is 0 Å². The molecule has 0 aromatic rings. The van der Waals surface area contributed by atoms with Gasteiger partial charge in [0.25, 0.3) is 0 Å². The minimum absolute atomic E-state index is 0.0000961. The lowest BCUT2D eigenvalue weighted by atomic mass is 9.98. The topological polar surface area (TPSA) is 92.3 Å². The lowest BCUT2D eigenvalue weighted by Crippen LogP contribution is -2.17. The molecule has 0 heterocycles. The lowest BCUT2D eigenvalue weighted by molar-refractivity contribution is -0.792. The standard InChI is InChI=1S/C20H38O10/c1-3-4-5-6-7-8-9-11-16-20(23-25-21-2)17-18-22-26-28-30-29-27-24-19-14-12-10-13-15-19/h16,19H,3-15,17-18H2,1-2H3. The van der Waals surface area contributed by atoms with Crippen LogP contribution in [-0.2, 0) is 49.8 Å². The Morgan fingerprint density at radius 2 is 1.50 bits per heavy atom. The van der Waals surface area contributed by atoms with Crippen molar-refractivity contribution in [3.63, 3.8) is 0 Å². The van der Waals surface area contributed by atoms with Gasteiger partial charge in [0.15, 0.2) is 0 Å². The summed E-state index contributed by atoms with van der Waals surface area (Å²) in [4.78, 5) is 19.3. The van der Waals surface area contributed by atoms with E-state index in [0.29, 0.717) is 12.2 Å². The number of hydrogen-bond donors (Lipinski definition) is 0. The van der Waals surface area contributed by atoms with Crippen molar-refractivity contribution in [2.24, 2.45) is 0 Å². The second-order valence-corrected chi connectivity index (χ2v) is 7.17. The Balaban J connectivity index is 1.97. The minimum atomic E-state index is 0.0000961. The van der Waals surface area contributed by atoms with Crippen LogP contribution in [0.15, 0.2) is 11.8 Å². The Morgan fingerprint density at radius 1 is 0.800 bits per heavy atom. The Morgan fingerprint density at radius 3 is 2.27 bits per heavy atom. The van der Waals surface area contributed by atoms with E-state index in [2.05, 4.69) is 42.0 Å². The maximum atomic E-state index is 5.04. The molecule has 0 aromatic heterocycles. The van der Waals surface area contributed by atoms with Gasteiger partial charge in [-0.1, -0.05) is 64.7 Å². The van der Waals surface area contributed by atoms with E-state index >= 15 is 0 Å². The van der Waals surface area contributed by atoms with E-state index in [1.807, 2.05) is 6.08 Å². The number of unbranched alkanes of at least 4 members (excludes halogenated alkanes) is 7. The van der Waals surface area contributed by atoms with Crippen LogP contribution in [0.3, 0.4) is 0 Å². The van der Waals surface area contributed by atoms with Crippen LogP contribution >= 0.6 is 0 Å². The van der Waals surface area contributed by atoms with E-state index in [-0.39, 0.29) is 12.7 Å². The quantitative estimate of drug-likeness (QED) is 0.0940. The maximum absolute atomic E-state index is 5.04. The van der Waals surface area contributed by atoms with Gasteiger partial charge in [0.1, 0.15) is 5.76 Å². The molecule has 0 amide bonds. The monoisotopic (exact) mass is 438 g/mol. The fraction of sp³-hybridized carbons (Fsp3) is 0.900. The van der Waals surface area contributed by atoms with Gasteiger partial charge < -0.3 is 4.89 Å². The lowest BCUT2D eigenvalue weighted by Gasteiger charge is -2.18. The highest BCUT2D eigenvalue weighted by Crippen LogP contribution is 2.20.